The lowest BCUT2D eigenvalue weighted by molar-refractivity contribution is -0.291. The maximum atomic E-state index is 11.2. The van der Waals surface area contributed by atoms with Crippen LogP contribution in [0, 0.1) is 0 Å². The summed E-state index contributed by atoms with van der Waals surface area (Å²) in [7, 11) is 1.58. The van der Waals surface area contributed by atoms with E-state index in [0.717, 1.165) is 12.8 Å². The van der Waals surface area contributed by atoms with E-state index in [-0.39, 0.29) is 24.3 Å². The molecule has 6 nitrogen and oxygen atoms in total. The van der Waals surface area contributed by atoms with Crippen molar-refractivity contribution >= 4 is 5.97 Å². The van der Waals surface area contributed by atoms with Crippen LogP contribution in [0.15, 0.2) is 0 Å². The van der Waals surface area contributed by atoms with Crippen LogP contribution < -0.4 is 0 Å². The summed E-state index contributed by atoms with van der Waals surface area (Å²) in [6.45, 7) is 5.14. The average molecular weight is 272 g/mol. The number of fused-ring (bicyclic) bond motifs is 2. The van der Waals surface area contributed by atoms with Gasteiger partial charge in [-0.1, -0.05) is 0 Å². The number of rotatable bonds is 2. The molecule has 3 aliphatic rings. The SMILES string of the molecule is COC1O[C@@]2(CC[C@@H]2OC(C)=O)C2OC(C)(C)O[C@H]12. The van der Waals surface area contributed by atoms with Gasteiger partial charge in [0, 0.05) is 14.0 Å². The molecule has 3 rings (SSSR count). The van der Waals surface area contributed by atoms with Crippen LogP contribution in [0.25, 0.3) is 0 Å². The van der Waals surface area contributed by atoms with Crippen molar-refractivity contribution in [3.8, 4) is 0 Å². The summed E-state index contributed by atoms with van der Waals surface area (Å²) in [5, 5.41) is 0. The maximum Gasteiger partial charge on any atom is 0.303 e. The van der Waals surface area contributed by atoms with Crippen LogP contribution in [0.1, 0.15) is 33.6 Å². The van der Waals surface area contributed by atoms with E-state index in [1.807, 2.05) is 13.8 Å². The first-order valence-electron chi connectivity index (χ1n) is 6.61. The largest absolute Gasteiger partial charge is 0.459 e. The molecule has 2 aliphatic heterocycles. The van der Waals surface area contributed by atoms with E-state index in [0.29, 0.717) is 0 Å². The molecule has 3 fully saturated rings. The summed E-state index contributed by atoms with van der Waals surface area (Å²) in [6, 6.07) is 0. The zero-order valence-electron chi connectivity index (χ0n) is 11.7. The van der Waals surface area contributed by atoms with Gasteiger partial charge in [-0.3, -0.25) is 4.79 Å². The Morgan fingerprint density at radius 3 is 2.53 bits per heavy atom. The highest BCUT2D eigenvalue weighted by molar-refractivity contribution is 5.66. The minimum Gasteiger partial charge on any atom is -0.459 e. The fourth-order valence-electron chi connectivity index (χ4n) is 3.26. The molecule has 1 aliphatic carbocycles. The predicted octanol–water partition coefficient (Wildman–Crippen LogP) is 0.973. The highest BCUT2D eigenvalue weighted by Crippen LogP contribution is 2.54. The van der Waals surface area contributed by atoms with Gasteiger partial charge in [0.1, 0.15) is 23.9 Å². The molecule has 108 valence electrons. The van der Waals surface area contributed by atoms with Gasteiger partial charge < -0.3 is 23.7 Å². The minimum absolute atomic E-state index is 0.259. The Balaban J connectivity index is 1.84. The van der Waals surface area contributed by atoms with Crippen molar-refractivity contribution in [1.82, 2.24) is 0 Å². The third kappa shape index (κ3) is 1.89. The molecule has 1 spiro atoms. The smallest absolute Gasteiger partial charge is 0.303 e. The molecule has 2 heterocycles. The third-order valence-electron chi connectivity index (χ3n) is 4.10. The van der Waals surface area contributed by atoms with Crippen molar-refractivity contribution < 1.29 is 28.5 Å². The van der Waals surface area contributed by atoms with Gasteiger partial charge in [-0.2, -0.15) is 0 Å². The topological polar surface area (TPSA) is 63.2 Å². The second-order valence-corrected chi connectivity index (χ2v) is 5.83. The summed E-state index contributed by atoms with van der Waals surface area (Å²) in [5.41, 5.74) is -0.620. The van der Waals surface area contributed by atoms with E-state index >= 15 is 0 Å². The molecule has 1 saturated carbocycles. The van der Waals surface area contributed by atoms with Gasteiger partial charge in [-0.05, 0) is 26.7 Å². The standard InChI is InChI=1S/C13H20O6/c1-7(14)16-8-5-6-13(8)10-9(11(15-4)19-13)17-12(2,3)18-10/h8-11H,5-6H2,1-4H3/t8-,9-,10?,11?,13+/m0/s1. The van der Waals surface area contributed by atoms with Crippen molar-refractivity contribution in [3.63, 3.8) is 0 Å². The van der Waals surface area contributed by atoms with Gasteiger partial charge in [-0.25, -0.2) is 0 Å². The predicted molar refractivity (Wildman–Crippen MR) is 63.2 cm³/mol. The quantitative estimate of drug-likeness (QED) is 0.698. The molecule has 0 radical (unpaired) electrons. The Hall–Kier alpha value is -0.690. The lowest BCUT2D eigenvalue weighted by Gasteiger charge is -2.47. The lowest BCUT2D eigenvalue weighted by atomic mass is 9.72. The molecule has 0 N–H and O–H groups in total. The Morgan fingerprint density at radius 1 is 1.26 bits per heavy atom. The molecule has 0 aromatic carbocycles. The first-order chi connectivity index (χ1) is 8.88. The molecular formula is C13H20O6. The zero-order valence-corrected chi connectivity index (χ0v) is 11.7. The van der Waals surface area contributed by atoms with Crippen molar-refractivity contribution in [1.29, 1.82) is 0 Å². The maximum absolute atomic E-state index is 11.2. The molecule has 0 aromatic rings. The number of esters is 1. The van der Waals surface area contributed by atoms with Gasteiger partial charge in [0.25, 0.3) is 0 Å². The van der Waals surface area contributed by atoms with E-state index in [9.17, 15) is 4.79 Å². The summed E-state index contributed by atoms with van der Waals surface area (Å²) in [6.07, 6.45) is 0.262. The average Bonchev–Trinajstić information content (AvgIpc) is 2.76. The van der Waals surface area contributed by atoms with Crippen LogP contribution in [-0.2, 0) is 28.5 Å². The van der Waals surface area contributed by atoms with Gasteiger partial charge in [-0.15, -0.1) is 0 Å². The highest BCUT2D eigenvalue weighted by Gasteiger charge is 2.70. The van der Waals surface area contributed by atoms with E-state index in [1.165, 1.54) is 6.92 Å². The molecule has 6 heteroatoms. The molecule has 0 aromatic heterocycles. The first kappa shape index (κ1) is 13.3. The lowest BCUT2D eigenvalue weighted by Crippen LogP contribution is -2.61. The second-order valence-electron chi connectivity index (χ2n) is 5.83. The number of methoxy groups -OCH3 is 1. The van der Waals surface area contributed by atoms with Crippen LogP contribution in [0.3, 0.4) is 0 Å². The molecule has 0 amide bonds. The second kappa shape index (κ2) is 4.15. The van der Waals surface area contributed by atoms with Gasteiger partial charge in [0.15, 0.2) is 12.1 Å². The summed E-state index contributed by atoms with van der Waals surface area (Å²) in [5.74, 6) is -0.970. The summed E-state index contributed by atoms with van der Waals surface area (Å²) >= 11 is 0. The molecule has 0 bridgehead atoms. The van der Waals surface area contributed by atoms with Crippen LogP contribution >= 0.6 is 0 Å². The number of hydrogen-bond acceptors (Lipinski definition) is 6. The molecule has 2 saturated heterocycles. The zero-order chi connectivity index (χ0) is 13.8. The molecule has 19 heavy (non-hydrogen) atoms. The van der Waals surface area contributed by atoms with Crippen molar-refractivity contribution in [2.75, 3.05) is 7.11 Å². The van der Waals surface area contributed by atoms with Gasteiger partial charge in [0.05, 0.1) is 0 Å². The molecule has 2 unspecified atom stereocenters. The Morgan fingerprint density at radius 2 is 2.00 bits per heavy atom. The van der Waals surface area contributed by atoms with Crippen molar-refractivity contribution in [2.24, 2.45) is 0 Å². The van der Waals surface area contributed by atoms with Crippen molar-refractivity contribution in [3.05, 3.63) is 0 Å². The first-order valence-corrected chi connectivity index (χ1v) is 6.61. The third-order valence-corrected chi connectivity index (χ3v) is 4.10. The minimum atomic E-state index is -0.667. The van der Waals surface area contributed by atoms with Crippen LogP contribution in [-0.4, -0.2) is 49.1 Å². The van der Waals surface area contributed by atoms with E-state index < -0.39 is 17.7 Å². The summed E-state index contributed by atoms with van der Waals surface area (Å²) < 4.78 is 28.4. The number of carbonyl (C=O) groups is 1. The van der Waals surface area contributed by atoms with E-state index in [1.54, 1.807) is 7.11 Å². The monoisotopic (exact) mass is 272 g/mol. The van der Waals surface area contributed by atoms with Crippen LogP contribution in [0.4, 0.5) is 0 Å². The Bertz CT molecular complexity index is 395. The Kier molecular flexibility index (Phi) is 2.91. The van der Waals surface area contributed by atoms with Gasteiger partial charge >= 0.3 is 5.97 Å². The molecular weight excluding hydrogens is 252 g/mol. The van der Waals surface area contributed by atoms with E-state index in [4.69, 9.17) is 23.7 Å². The van der Waals surface area contributed by atoms with Crippen molar-refractivity contribution in [2.45, 2.75) is 69.6 Å². The Labute approximate surface area is 112 Å². The van der Waals surface area contributed by atoms with E-state index in [2.05, 4.69) is 0 Å². The summed E-state index contributed by atoms with van der Waals surface area (Å²) in [4.78, 5) is 11.2. The van der Waals surface area contributed by atoms with Crippen LogP contribution in [0.5, 0.6) is 0 Å². The number of hydrogen-bond donors (Lipinski definition) is 0. The normalized spacial score (nSPS) is 46.9. The number of ether oxygens (including phenoxy) is 5. The fraction of sp³-hybridized carbons (Fsp3) is 0.923. The van der Waals surface area contributed by atoms with Gasteiger partial charge in [0.2, 0.25) is 0 Å². The highest BCUT2D eigenvalue weighted by atomic mass is 16.8. The fourth-order valence-corrected chi connectivity index (χ4v) is 3.26. The van der Waals surface area contributed by atoms with Crippen LogP contribution in [0.2, 0.25) is 0 Å². The molecule has 5 atom stereocenters. The number of carbonyl (C=O) groups excluding carboxylic acids is 1.